The molecule has 1 heterocycles. The van der Waals surface area contributed by atoms with Gasteiger partial charge in [-0.15, -0.1) is 5.10 Å². The highest BCUT2D eigenvalue weighted by Gasteiger charge is 2.08. The lowest BCUT2D eigenvalue weighted by atomic mass is 10.2. The molecule has 0 aliphatic rings. The topological polar surface area (TPSA) is 76.6 Å². The van der Waals surface area contributed by atoms with Crippen molar-refractivity contribution in [3.63, 3.8) is 0 Å². The monoisotopic (exact) mass is 229 g/mol. The molecule has 0 N–H and O–H groups in total. The molecule has 2 rings (SSSR count). The third-order valence-electron chi connectivity index (χ3n) is 2.16. The minimum Gasteiger partial charge on any atom is -0.494 e. The van der Waals surface area contributed by atoms with Gasteiger partial charge in [-0.3, -0.25) is 0 Å². The predicted molar refractivity (Wildman–Crippen MR) is 60.0 cm³/mol. The summed E-state index contributed by atoms with van der Waals surface area (Å²) in [5, 5.41) is 19.9. The van der Waals surface area contributed by atoms with E-state index in [4.69, 9.17) is 10.00 Å². The van der Waals surface area contributed by atoms with E-state index in [1.54, 1.807) is 0 Å². The van der Waals surface area contributed by atoms with Crippen LogP contribution in [0.5, 0.6) is 5.75 Å². The van der Waals surface area contributed by atoms with Crippen molar-refractivity contribution in [2.24, 2.45) is 0 Å². The van der Waals surface area contributed by atoms with Crippen molar-refractivity contribution in [3.8, 4) is 23.2 Å². The second-order valence-electron chi connectivity index (χ2n) is 3.28. The quantitative estimate of drug-likeness (QED) is 0.788. The van der Waals surface area contributed by atoms with E-state index in [0.717, 1.165) is 11.3 Å². The molecule has 0 unspecified atom stereocenters. The van der Waals surface area contributed by atoms with Gasteiger partial charge in [0.15, 0.2) is 5.82 Å². The summed E-state index contributed by atoms with van der Waals surface area (Å²) in [6, 6.07) is 9.47. The van der Waals surface area contributed by atoms with Crippen LogP contribution in [0.1, 0.15) is 6.92 Å². The highest BCUT2D eigenvalue weighted by Crippen LogP contribution is 2.21. The van der Waals surface area contributed by atoms with Crippen LogP contribution in [-0.2, 0) is 6.54 Å². The largest absolute Gasteiger partial charge is 0.494 e. The molecule has 86 valence electrons. The van der Waals surface area contributed by atoms with Crippen LogP contribution in [0.4, 0.5) is 0 Å². The standard InChI is InChI=1S/C11H11N5O/c1-2-17-10-5-3-4-9(8-10)11-13-14-15-16(11)7-6-12/h3-5,8H,2,7H2,1H3. The van der Waals surface area contributed by atoms with E-state index >= 15 is 0 Å². The van der Waals surface area contributed by atoms with Gasteiger partial charge in [0.2, 0.25) is 0 Å². The smallest absolute Gasteiger partial charge is 0.183 e. The maximum Gasteiger partial charge on any atom is 0.183 e. The maximum absolute atomic E-state index is 8.66. The molecule has 0 fully saturated rings. The Hall–Kier alpha value is -2.42. The molecule has 0 aliphatic heterocycles. The van der Waals surface area contributed by atoms with Gasteiger partial charge in [-0.05, 0) is 29.5 Å². The normalized spacial score (nSPS) is 9.88. The molecular weight excluding hydrogens is 218 g/mol. The Morgan fingerprint density at radius 3 is 3.12 bits per heavy atom. The molecule has 0 atom stereocenters. The number of benzene rings is 1. The number of nitrogens with zero attached hydrogens (tertiary/aromatic N) is 5. The summed E-state index contributed by atoms with van der Waals surface area (Å²) in [6.45, 7) is 2.65. The van der Waals surface area contributed by atoms with Crippen LogP contribution in [-0.4, -0.2) is 26.8 Å². The van der Waals surface area contributed by atoms with Gasteiger partial charge in [-0.2, -0.15) is 5.26 Å². The molecule has 0 aliphatic carbocycles. The van der Waals surface area contributed by atoms with Crippen molar-refractivity contribution < 1.29 is 4.74 Å². The summed E-state index contributed by atoms with van der Waals surface area (Å²) in [5.74, 6) is 1.32. The van der Waals surface area contributed by atoms with Gasteiger partial charge < -0.3 is 4.74 Å². The second kappa shape index (κ2) is 5.07. The highest BCUT2D eigenvalue weighted by molar-refractivity contribution is 5.57. The lowest BCUT2D eigenvalue weighted by molar-refractivity contribution is 0.340. The third kappa shape index (κ3) is 2.39. The number of hydrogen-bond donors (Lipinski definition) is 0. The Morgan fingerprint density at radius 1 is 1.47 bits per heavy atom. The van der Waals surface area contributed by atoms with E-state index in [-0.39, 0.29) is 6.54 Å². The van der Waals surface area contributed by atoms with Crippen LogP contribution >= 0.6 is 0 Å². The fourth-order valence-corrected chi connectivity index (χ4v) is 1.48. The average Bonchev–Trinajstić information content (AvgIpc) is 2.79. The summed E-state index contributed by atoms with van der Waals surface area (Å²) in [4.78, 5) is 0. The molecular formula is C11H11N5O. The first-order chi connectivity index (χ1) is 8.35. The number of tetrazole rings is 1. The minimum atomic E-state index is 0.126. The molecule has 0 radical (unpaired) electrons. The maximum atomic E-state index is 8.66. The van der Waals surface area contributed by atoms with Gasteiger partial charge >= 0.3 is 0 Å². The molecule has 0 saturated carbocycles. The van der Waals surface area contributed by atoms with E-state index in [9.17, 15) is 0 Å². The lowest BCUT2D eigenvalue weighted by Crippen LogP contribution is -2.01. The first-order valence-electron chi connectivity index (χ1n) is 5.21. The van der Waals surface area contributed by atoms with Gasteiger partial charge in [0, 0.05) is 5.56 Å². The van der Waals surface area contributed by atoms with Gasteiger partial charge in [-0.1, -0.05) is 12.1 Å². The molecule has 1 aromatic heterocycles. The van der Waals surface area contributed by atoms with Crippen LogP contribution in [0.25, 0.3) is 11.4 Å². The number of rotatable bonds is 4. The highest BCUT2D eigenvalue weighted by atomic mass is 16.5. The summed E-state index contributed by atoms with van der Waals surface area (Å²) in [6.07, 6.45) is 0. The van der Waals surface area contributed by atoms with Crippen molar-refractivity contribution in [1.29, 1.82) is 5.26 Å². The Balaban J connectivity index is 2.35. The average molecular weight is 229 g/mol. The Labute approximate surface area is 98.4 Å². The first kappa shape index (κ1) is 11.1. The number of ether oxygens (including phenoxy) is 1. The van der Waals surface area contributed by atoms with Gasteiger partial charge in [0.1, 0.15) is 12.3 Å². The molecule has 0 spiro atoms. The summed E-state index contributed by atoms with van der Waals surface area (Å²) in [7, 11) is 0. The summed E-state index contributed by atoms with van der Waals surface area (Å²) >= 11 is 0. The van der Waals surface area contributed by atoms with Crippen molar-refractivity contribution in [3.05, 3.63) is 24.3 Å². The Kier molecular flexibility index (Phi) is 3.31. The minimum absolute atomic E-state index is 0.126. The van der Waals surface area contributed by atoms with E-state index in [1.807, 2.05) is 37.3 Å². The van der Waals surface area contributed by atoms with E-state index in [1.165, 1.54) is 4.68 Å². The Bertz CT molecular complexity index is 543. The molecule has 0 saturated heterocycles. The van der Waals surface area contributed by atoms with Gasteiger partial charge in [0.25, 0.3) is 0 Å². The molecule has 2 aromatic rings. The van der Waals surface area contributed by atoms with E-state index in [0.29, 0.717) is 12.4 Å². The molecule has 17 heavy (non-hydrogen) atoms. The van der Waals surface area contributed by atoms with Crippen LogP contribution < -0.4 is 4.74 Å². The molecule has 0 amide bonds. The third-order valence-corrected chi connectivity index (χ3v) is 2.16. The van der Waals surface area contributed by atoms with E-state index in [2.05, 4.69) is 15.5 Å². The van der Waals surface area contributed by atoms with Crippen LogP contribution in [0.3, 0.4) is 0 Å². The van der Waals surface area contributed by atoms with Crippen molar-refractivity contribution >= 4 is 0 Å². The zero-order chi connectivity index (χ0) is 12.1. The fraction of sp³-hybridized carbons (Fsp3) is 0.273. The summed E-state index contributed by atoms with van der Waals surface area (Å²) in [5.41, 5.74) is 0.830. The van der Waals surface area contributed by atoms with Crippen LogP contribution in [0.15, 0.2) is 24.3 Å². The molecule has 1 aromatic carbocycles. The van der Waals surface area contributed by atoms with Crippen molar-refractivity contribution in [2.45, 2.75) is 13.5 Å². The Morgan fingerprint density at radius 2 is 2.35 bits per heavy atom. The van der Waals surface area contributed by atoms with Crippen LogP contribution in [0.2, 0.25) is 0 Å². The van der Waals surface area contributed by atoms with E-state index < -0.39 is 0 Å². The van der Waals surface area contributed by atoms with Crippen LogP contribution in [0, 0.1) is 11.3 Å². The molecule has 6 heteroatoms. The zero-order valence-corrected chi connectivity index (χ0v) is 9.37. The van der Waals surface area contributed by atoms with Crippen molar-refractivity contribution in [1.82, 2.24) is 20.2 Å². The van der Waals surface area contributed by atoms with Gasteiger partial charge in [0.05, 0.1) is 12.7 Å². The number of nitriles is 1. The van der Waals surface area contributed by atoms with Gasteiger partial charge in [-0.25, -0.2) is 4.68 Å². The number of hydrogen-bond acceptors (Lipinski definition) is 5. The zero-order valence-electron chi connectivity index (χ0n) is 9.37. The fourth-order valence-electron chi connectivity index (χ4n) is 1.48. The number of aromatic nitrogens is 4. The predicted octanol–water partition coefficient (Wildman–Crippen LogP) is 1.26. The lowest BCUT2D eigenvalue weighted by Gasteiger charge is -2.05. The molecule has 0 bridgehead atoms. The van der Waals surface area contributed by atoms with Crippen molar-refractivity contribution in [2.75, 3.05) is 6.61 Å². The SMILES string of the molecule is CCOc1cccc(-c2nnnn2CC#N)c1. The molecule has 6 nitrogen and oxygen atoms in total. The summed E-state index contributed by atoms with van der Waals surface area (Å²) < 4.78 is 6.85. The second-order valence-corrected chi connectivity index (χ2v) is 3.28. The first-order valence-corrected chi connectivity index (χ1v) is 5.21.